The van der Waals surface area contributed by atoms with Gasteiger partial charge in [-0.05, 0) is 36.0 Å². The minimum atomic E-state index is 0.549. The predicted octanol–water partition coefficient (Wildman–Crippen LogP) is 2.69. The van der Waals surface area contributed by atoms with Gasteiger partial charge in [0.2, 0.25) is 0 Å². The van der Waals surface area contributed by atoms with E-state index in [-0.39, 0.29) is 0 Å². The van der Waals surface area contributed by atoms with Gasteiger partial charge in [-0.1, -0.05) is 23.7 Å². The molecule has 0 spiro atoms. The Morgan fingerprint density at radius 2 is 2.07 bits per heavy atom. The van der Waals surface area contributed by atoms with E-state index in [4.69, 9.17) is 22.1 Å². The summed E-state index contributed by atoms with van der Waals surface area (Å²) in [5, 5.41) is 0.852. The highest BCUT2D eigenvalue weighted by molar-refractivity contribution is 6.31. The van der Waals surface area contributed by atoms with E-state index in [1.54, 1.807) is 0 Å². The highest BCUT2D eigenvalue weighted by Crippen LogP contribution is 2.32. The number of rotatable bonds is 2. The van der Waals surface area contributed by atoms with Crippen LogP contribution in [0.4, 0.5) is 0 Å². The Hall–Kier alpha value is -0.570. The second-order valence-electron chi connectivity index (χ2n) is 3.95. The molecule has 1 heterocycles. The molecule has 15 heavy (non-hydrogen) atoms. The first-order valence-electron chi connectivity index (χ1n) is 5.37. The van der Waals surface area contributed by atoms with Crippen LogP contribution in [0.15, 0.2) is 18.2 Å². The molecule has 0 amide bonds. The smallest absolute Gasteiger partial charge is 0.0471 e. The first-order chi connectivity index (χ1) is 7.31. The van der Waals surface area contributed by atoms with Gasteiger partial charge in [0.05, 0.1) is 0 Å². The van der Waals surface area contributed by atoms with E-state index in [1.165, 1.54) is 5.56 Å². The van der Waals surface area contributed by atoms with Crippen molar-refractivity contribution in [3.63, 3.8) is 0 Å². The summed E-state index contributed by atoms with van der Waals surface area (Å²) in [6, 6.07) is 6.16. The van der Waals surface area contributed by atoms with Crippen LogP contribution in [-0.4, -0.2) is 13.2 Å². The highest BCUT2D eigenvalue weighted by atomic mass is 35.5. The van der Waals surface area contributed by atoms with E-state index in [9.17, 15) is 0 Å². The van der Waals surface area contributed by atoms with Gasteiger partial charge in [0, 0.05) is 24.8 Å². The van der Waals surface area contributed by atoms with E-state index in [0.29, 0.717) is 12.5 Å². The standard InChI is InChI=1S/C12H16ClNO/c13-12-7-9(8-14)1-2-11(12)10-3-5-15-6-4-10/h1-2,7,10H,3-6,8,14H2. The van der Waals surface area contributed by atoms with Crippen LogP contribution < -0.4 is 5.73 Å². The molecule has 1 saturated heterocycles. The van der Waals surface area contributed by atoms with Crippen LogP contribution in [0.25, 0.3) is 0 Å². The topological polar surface area (TPSA) is 35.2 Å². The van der Waals surface area contributed by atoms with E-state index >= 15 is 0 Å². The fourth-order valence-corrected chi connectivity index (χ4v) is 2.39. The molecule has 1 fully saturated rings. The Labute approximate surface area is 95.4 Å². The Morgan fingerprint density at radius 3 is 2.67 bits per heavy atom. The molecule has 1 aliphatic heterocycles. The molecule has 1 aromatic carbocycles. The highest BCUT2D eigenvalue weighted by Gasteiger charge is 2.18. The summed E-state index contributed by atoms with van der Waals surface area (Å²) < 4.78 is 5.34. The van der Waals surface area contributed by atoms with Crippen molar-refractivity contribution in [3.05, 3.63) is 34.3 Å². The van der Waals surface area contributed by atoms with Gasteiger partial charge in [-0.2, -0.15) is 0 Å². The summed E-state index contributed by atoms with van der Waals surface area (Å²) in [5.41, 5.74) is 7.91. The van der Waals surface area contributed by atoms with Crippen LogP contribution in [0.3, 0.4) is 0 Å². The van der Waals surface area contributed by atoms with E-state index < -0.39 is 0 Å². The maximum atomic E-state index is 6.25. The zero-order chi connectivity index (χ0) is 10.7. The lowest BCUT2D eigenvalue weighted by Crippen LogP contribution is -2.14. The third kappa shape index (κ3) is 2.51. The van der Waals surface area contributed by atoms with Crippen molar-refractivity contribution in [1.29, 1.82) is 0 Å². The maximum absolute atomic E-state index is 6.25. The van der Waals surface area contributed by atoms with Gasteiger partial charge in [-0.3, -0.25) is 0 Å². The number of halogens is 1. The van der Waals surface area contributed by atoms with Crippen LogP contribution in [0.1, 0.15) is 29.9 Å². The molecule has 0 aliphatic carbocycles. The van der Waals surface area contributed by atoms with Crippen LogP contribution in [0, 0.1) is 0 Å². The molecule has 0 saturated carbocycles. The van der Waals surface area contributed by atoms with E-state index in [2.05, 4.69) is 12.1 Å². The molecular formula is C12H16ClNO. The molecule has 0 radical (unpaired) electrons. The Bertz CT molecular complexity index is 334. The first-order valence-corrected chi connectivity index (χ1v) is 5.75. The zero-order valence-electron chi connectivity index (χ0n) is 8.71. The predicted molar refractivity (Wildman–Crippen MR) is 62.1 cm³/mol. The Kier molecular flexibility index (Phi) is 3.62. The quantitative estimate of drug-likeness (QED) is 0.840. The Balaban J connectivity index is 2.19. The van der Waals surface area contributed by atoms with Crippen LogP contribution in [0.5, 0.6) is 0 Å². The van der Waals surface area contributed by atoms with Gasteiger partial charge >= 0.3 is 0 Å². The second-order valence-corrected chi connectivity index (χ2v) is 4.35. The average Bonchev–Trinajstić information content (AvgIpc) is 2.30. The van der Waals surface area contributed by atoms with Crippen molar-refractivity contribution >= 4 is 11.6 Å². The van der Waals surface area contributed by atoms with Gasteiger partial charge in [0.25, 0.3) is 0 Å². The lowest BCUT2D eigenvalue weighted by molar-refractivity contribution is 0.0853. The summed E-state index contributed by atoms with van der Waals surface area (Å²) in [7, 11) is 0. The third-order valence-electron chi connectivity index (χ3n) is 2.96. The molecule has 0 bridgehead atoms. The van der Waals surface area contributed by atoms with Crippen LogP contribution >= 0.6 is 11.6 Å². The summed E-state index contributed by atoms with van der Waals surface area (Å²) in [6.07, 6.45) is 2.14. The van der Waals surface area contributed by atoms with Crippen LogP contribution in [0.2, 0.25) is 5.02 Å². The monoisotopic (exact) mass is 225 g/mol. The SMILES string of the molecule is NCc1ccc(C2CCOCC2)c(Cl)c1. The third-order valence-corrected chi connectivity index (χ3v) is 3.29. The lowest BCUT2D eigenvalue weighted by atomic mass is 9.91. The summed E-state index contributed by atoms with van der Waals surface area (Å²) >= 11 is 6.25. The van der Waals surface area contributed by atoms with Crippen molar-refractivity contribution < 1.29 is 4.74 Å². The van der Waals surface area contributed by atoms with Crippen molar-refractivity contribution in [1.82, 2.24) is 0 Å². The summed E-state index contributed by atoms with van der Waals surface area (Å²) in [5.74, 6) is 0.554. The van der Waals surface area contributed by atoms with Crippen LogP contribution in [-0.2, 0) is 11.3 Å². The molecule has 3 heteroatoms. The molecule has 2 N–H and O–H groups in total. The molecule has 0 atom stereocenters. The second kappa shape index (κ2) is 4.97. The molecule has 0 aromatic heterocycles. The minimum absolute atomic E-state index is 0.549. The van der Waals surface area contributed by atoms with E-state index in [1.807, 2.05) is 6.07 Å². The maximum Gasteiger partial charge on any atom is 0.0471 e. The zero-order valence-corrected chi connectivity index (χ0v) is 9.46. The molecule has 2 nitrogen and oxygen atoms in total. The number of hydrogen-bond acceptors (Lipinski definition) is 2. The van der Waals surface area contributed by atoms with Gasteiger partial charge in [-0.15, -0.1) is 0 Å². The van der Waals surface area contributed by atoms with Gasteiger partial charge in [-0.25, -0.2) is 0 Å². The average molecular weight is 226 g/mol. The van der Waals surface area contributed by atoms with Crippen molar-refractivity contribution in [3.8, 4) is 0 Å². The fourth-order valence-electron chi connectivity index (χ4n) is 2.04. The minimum Gasteiger partial charge on any atom is -0.381 e. The molecule has 1 aromatic rings. The first kappa shape index (κ1) is 10.9. The normalized spacial score (nSPS) is 18.0. The molecule has 2 rings (SSSR count). The number of ether oxygens (including phenoxy) is 1. The van der Waals surface area contributed by atoms with Gasteiger partial charge in [0.1, 0.15) is 0 Å². The van der Waals surface area contributed by atoms with Crippen molar-refractivity contribution in [2.45, 2.75) is 25.3 Å². The number of hydrogen-bond donors (Lipinski definition) is 1. The summed E-state index contributed by atoms with van der Waals surface area (Å²) in [6.45, 7) is 2.24. The number of benzene rings is 1. The van der Waals surface area contributed by atoms with Gasteiger partial charge in [0.15, 0.2) is 0 Å². The van der Waals surface area contributed by atoms with Crippen molar-refractivity contribution in [2.24, 2.45) is 5.73 Å². The largest absolute Gasteiger partial charge is 0.381 e. The molecule has 0 unspecified atom stereocenters. The summed E-state index contributed by atoms with van der Waals surface area (Å²) in [4.78, 5) is 0. The fraction of sp³-hybridized carbons (Fsp3) is 0.500. The molecular weight excluding hydrogens is 210 g/mol. The molecule has 1 aliphatic rings. The lowest BCUT2D eigenvalue weighted by Gasteiger charge is -2.23. The van der Waals surface area contributed by atoms with Gasteiger partial charge < -0.3 is 10.5 Å². The Morgan fingerprint density at radius 1 is 1.33 bits per heavy atom. The van der Waals surface area contributed by atoms with Crippen molar-refractivity contribution in [2.75, 3.05) is 13.2 Å². The number of nitrogens with two attached hydrogens (primary N) is 1. The van der Waals surface area contributed by atoms with E-state index in [0.717, 1.165) is 36.6 Å². The molecule has 82 valence electrons.